The topological polar surface area (TPSA) is 108 Å². The van der Waals surface area contributed by atoms with E-state index in [0.717, 1.165) is 27.8 Å². The van der Waals surface area contributed by atoms with E-state index in [2.05, 4.69) is 10.6 Å². The van der Waals surface area contributed by atoms with Crippen LogP contribution >= 0.6 is 0 Å². The third-order valence-corrected chi connectivity index (χ3v) is 6.77. The van der Waals surface area contributed by atoms with Crippen LogP contribution in [0.15, 0.2) is 66.7 Å². The van der Waals surface area contributed by atoms with Crippen LogP contribution in [0.3, 0.4) is 0 Å². The summed E-state index contributed by atoms with van der Waals surface area (Å²) in [7, 11) is 0. The summed E-state index contributed by atoms with van der Waals surface area (Å²) < 4.78 is 5.47. The number of aryl methyl sites for hydroxylation is 3. The van der Waals surface area contributed by atoms with Crippen molar-refractivity contribution >= 4 is 23.6 Å². The molecule has 0 aliphatic carbocycles. The molecular weight excluding hydrogens is 518 g/mol. The van der Waals surface area contributed by atoms with Crippen LogP contribution in [0.2, 0.25) is 0 Å². The number of nitrogens with one attached hydrogen (secondary N) is 2. The highest BCUT2D eigenvalue weighted by molar-refractivity contribution is 5.99. The zero-order chi connectivity index (χ0) is 30.3. The van der Waals surface area contributed by atoms with E-state index in [1.165, 1.54) is 17.0 Å². The van der Waals surface area contributed by atoms with Gasteiger partial charge in [-0.05, 0) is 94.5 Å². The summed E-state index contributed by atoms with van der Waals surface area (Å²) in [5, 5.41) is 15.5. The second-order valence-corrected chi connectivity index (χ2v) is 11.2. The lowest BCUT2D eigenvalue weighted by Gasteiger charge is -2.35. The number of carbonyl (C=O) groups is 3. The maximum atomic E-state index is 14.3. The van der Waals surface area contributed by atoms with Crippen LogP contribution in [0.4, 0.5) is 10.5 Å². The van der Waals surface area contributed by atoms with Gasteiger partial charge >= 0.3 is 6.09 Å². The molecule has 0 saturated carbocycles. The molecule has 0 saturated heterocycles. The molecule has 0 aliphatic rings. The Morgan fingerprint density at radius 2 is 1.46 bits per heavy atom. The molecular formula is C33H41N3O5. The molecule has 3 rings (SSSR count). The summed E-state index contributed by atoms with van der Waals surface area (Å²) in [5.74, 6) is -0.693. The van der Waals surface area contributed by atoms with Gasteiger partial charge in [0.1, 0.15) is 23.4 Å². The molecule has 0 bridgehead atoms. The minimum Gasteiger partial charge on any atom is -0.508 e. The number of alkyl carbamates (subject to hydrolysis) is 1. The normalized spacial score (nSPS) is 12.7. The van der Waals surface area contributed by atoms with Gasteiger partial charge in [0.2, 0.25) is 5.91 Å². The molecule has 8 nitrogen and oxygen atoms in total. The van der Waals surface area contributed by atoms with Gasteiger partial charge in [-0.15, -0.1) is 0 Å². The number of ether oxygens (including phenoxy) is 1. The number of phenolic OH excluding ortho intramolecular Hbond substituents is 1. The number of amides is 3. The molecule has 3 amide bonds. The van der Waals surface area contributed by atoms with Crippen molar-refractivity contribution in [2.45, 2.75) is 72.6 Å². The molecule has 0 radical (unpaired) electrons. The van der Waals surface area contributed by atoms with Crippen LogP contribution in [-0.4, -0.2) is 46.1 Å². The number of anilines is 1. The standard InChI is InChI=1S/C33H41N3O5/c1-8-36(31(39)27(35-32(40)41-33(5,6)7)20-24-16-18-25(37)19-17-24)29(28-22(3)13-11-14-23(28)4)30(38)34-26-15-10-9-12-21(26)2/h9-19,27,29,37H,8,20H2,1-7H3,(H,34,38)(H,35,40). The van der Waals surface area contributed by atoms with Gasteiger partial charge in [0.05, 0.1) is 0 Å². The number of hydrogen-bond acceptors (Lipinski definition) is 5. The number of aromatic hydroxyl groups is 1. The molecule has 3 aromatic rings. The number of phenols is 1. The van der Waals surface area contributed by atoms with E-state index in [4.69, 9.17) is 4.74 Å². The van der Waals surface area contributed by atoms with Crippen molar-refractivity contribution in [1.82, 2.24) is 10.2 Å². The zero-order valence-corrected chi connectivity index (χ0v) is 24.9. The predicted octanol–water partition coefficient (Wildman–Crippen LogP) is 5.98. The first kappa shape index (κ1) is 31.2. The van der Waals surface area contributed by atoms with Gasteiger partial charge in [-0.3, -0.25) is 9.59 Å². The van der Waals surface area contributed by atoms with Crippen LogP contribution in [0.5, 0.6) is 5.75 Å². The number of nitrogens with zero attached hydrogens (tertiary/aromatic N) is 1. The minimum atomic E-state index is -1.03. The molecule has 41 heavy (non-hydrogen) atoms. The van der Waals surface area contributed by atoms with Crippen LogP contribution in [0.1, 0.15) is 61.6 Å². The van der Waals surface area contributed by atoms with Gasteiger partial charge in [0.15, 0.2) is 0 Å². The quantitative estimate of drug-likeness (QED) is 0.299. The first-order valence-corrected chi connectivity index (χ1v) is 13.8. The fourth-order valence-electron chi connectivity index (χ4n) is 4.78. The average Bonchev–Trinajstić information content (AvgIpc) is 2.89. The second kappa shape index (κ2) is 13.4. The maximum absolute atomic E-state index is 14.3. The van der Waals surface area contributed by atoms with Crippen molar-refractivity contribution < 1.29 is 24.2 Å². The van der Waals surface area contributed by atoms with Gasteiger partial charge in [0, 0.05) is 18.7 Å². The second-order valence-electron chi connectivity index (χ2n) is 11.2. The van der Waals surface area contributed by atoms with Crippen molar-refractivity contribution in [1.29, 1.82) is 0 Å². The maximum Gasteiger partial charge on any atom is 0.408 e. The first-order valence-electron chi connectivity index (χ1n) is 13.8. The highest BCUT2D eigenvalue weighted by atomic mass is 16.6. The van der Waals surface area contributed by atoms with E-state index in [0.29, 0.717) is 5.69 Å². The Bertz CT molecular complexity index is 1360. The van der Waals surface area contributed by atoms with Crippen molar-refractivity contribution in [3.8, 4) is 5.75 Å². The number of benzene rings is 3. The molecule has 3 aromatic carbocycles. The Morgan fingerprint density at radius 3 is 2.02 bits per heavy atom. The number of para-hydroxylation sites is 1. The smallest absolute Gasteiger partial charge is 0.408 e. The number of rotatable bonds is 9. The van der Waals surface area contributed by atoms with Crippen molar-refractivity contribution in [2.75, 3.05) is 11.9 Å². The monoisotopic (exact) mass is 559 g/mol. The van der Waals surface area contributed by atoms with Gasteiger partial charge < -0.3 is 25.4 Å². The average molecular weight is 560 g/mol. The Balaban J connectivity index is 2.06. The minimum absolute atomic E-state index is 0.0925. The highest BCUT2D eigenvalue weighted by Gasteiger charge is 2.37. The van der Waals surface area contributed by atoms with Crippen LogP contribution in [0, 0.1) is 20.8 Å². The van der Waals surface area contributed by atoms with Gasteiger partial charge in [-0.25, -0.2) is 4.79 Å². The molecule has 2 unspecified atom stereocenters. The molecule has 0 heterocycles. The third kappa shape index (κ3) is 8.33. The predicted molar refractivity (Wildman–Crippen MR) is 161 cm³/mol. The van der Waals surface area contributed by atoms with Gasteiger partial charge in [-0.1, -0.05) is 48.5 Å². The third-order valence-electron chi connectivity index (χ3n) is 6.77. The lowest BCUT2D eigenvalue weighted by atomic mass is 9.93. The van der Waals surface area contributed by atoms with Crippen molar-refractivity contribution in [3.05, 3.63) is 94.5 Å². The lowest BCUT2D eigenvalue weighted by molar-refractivity contribution is -0.140. The SMILES string of the molecule is CCN(C(=O)C(Cc1ccc(O)cc1)NC(=O)OC(C)(C)C)C(C(=O)Nc1ccccc1C)c1c(C)cccc1C. The van der Waals surface area contributed by atoms with E-state index in [9.17, 15) is 19.5 Å². The Hall–Kier alpha value is -4.33. The fraction of sp³-hybridized carbons (Fsp3) is 0.364. The summed E-state index contributed by atoms with van der Waals surface area (Å²) in [6.45, 7) is 13.0. The van der Waals surface area contributed by atoms with Crippen LogP contribution in [0.25, 0.3) is 0 Å². The number of hydrogen-bond donors (Lipinski definition) is 3. The summed E-state index contributed by atoms with van der Waals surface area (Å²) in [4.78, 5) is 42.8. The van der Waals surface area contributed by atoms with Crippen molar-refractivity contribution in [3.63, 3.8) is 0 Å². The largest absolute Gasteiger partial charge is 0.508 e. The van der Waals surface area contributed by atoms with Gasteiger partial charge in [-0.2, -0.15) is 0 Å². The number of likely N-dealkylation sites (N-methyl/N-ethyl adjacent to an activating group) is 1. The summed E-state index contributed by atoms with van der Waals surface area (Å²) in [6, 6.07) is 17.7. The van der Waals surface area contributed by atoms with Gasteiger partial charge in [0.25, 0.3) is 5.91 Å². The zero-order valence-electron chi connectivity index (χ0n) is 24.9. The van der Waals surface area contributed by atoms with E-state index >= 15 is 0 Å². The van der Waals surface area contributed by atoms with E-state index < -0.39 is 29.7 Å². The Labute approximate surface area is 242 Å². The van der Waals surface area contributed by atoms with Crippen molar-refractivity contribution in [2.24, 2.45) is 0 Å². The Kier molecular flexibility index (Phi) is 10.2. The summed E-state index contributed by atoms with van der Waals surface area (Å²) in [5.41, 5.74) is 3.98. The Morgan fingerprint density at radius 1 is 0.878 bits per heavy atom. The molecule has 0 spiro atoms. The molecule has 2 atom stereocenters. The first-order chi connectivity index (χ1) is 19.3. The molecule has 0 aliphatic heterocycles. The van der Waals surface area contributed by atoms with E-state index in [-0.39, 0.29) is 24.6 Å². The molecule has 0 aromatic heterocycles. The van der Waals surface area contributed by atoms with Crippen LogP contribution in [-0.2, 0) is 20.7 Å². The lowest BCUT2D eigenvalue weighted by Crippen LogP contribution is -2.53. The summed E-state index contributed by atoms with van der Waals surface area (Å²) >= 11 is 0. The highest BCUT2D eigenvalue weighted by Crippen LogP contribution is 2.30. The fourth-order valence-corrected chi connectivity index (χ4v) is 4.78. The molecule has 218 valence electrons. The molecule has 8 heteroatoms. The van der Waals surface area contributed by atoms with E-state index in [1.54, 1.807) is 32.9 Å². The molecule has 0 fully saturated rings. The number of carbonyl (C=O) groups excluding carboxylic acids is 3. The van der Waals surface area contributed by atoms with E-state index in [1.807, 2.05) is 70.2 Å². The summed E-state index contributed by atoms with van der Waals surface area (Å²) in [6.07, 6.45) is -0.605. The molecule has 3 N–H and O–H groups in total. The van der Waals surface area contributed by atoms with Crippen LogP contribution < -0.4 is 10.6 Å².